The Morgan fingerprint density at radius 1 is 0.778 bits per heavy atom. The fourth-order valence-electron chi connectivity index (χ4n) is 1.95. The molecular weight excluding hydrogens is 236 g/mol. The molecule has 0 aliphatic carbocycles. The maximum atomic E-state index is 3.49. The van der Waals surface area contributed by atoms with E-state index in [4.69, 9.17) is 0 Å². The van der Waals surface area contributed by atoms with Crippen LogP contribution in [-0.2, 0) is 6.54 Å². The van der Waals surface area contributed by atoms with Crippen LogP contribution in [0.5, 0.6) is 0 Å². The Hall–Kier alpha value is -0.643. The summed E-state index contributed by atoms with van der Waals surface area (Å²) < 4.78 is 0. The molecule has 0 spiro atoms. The molecule has 0 aliphatic rings. The highest BCUT2D eigenvalue weighted by Crippen LogP contribution is 2.02. The van der Waals surface area contributed by atoms with Crippen molar-refractivity contribution < 1.29 is 0 Å². The van der Waals surface area contributed by atoms with Gasteiger partial charge in [-0.1, -0.05) is 49.6 Å². The lowest BCUT2D eigenvalue weighted by Crippen LogP contribution is -2.16. The highest BCUT2D eigenvalue weighted by molar-refractivity contribution is 6.08. The lowest BCUT2D eigenvalue weighted by atomic mass is 10.1. The number of hydrogen-bond donors (Lipinski definition) is 2. The second-order valence-corrected chi connectivity index (χ2v) is 4.96. The van der Waals surface area contributed by atoms with Gasteiger partial charge < -0.3 is 10.6 Å². The van der Waals surface area contributed by atoms with Gasteiger partial charge in [0.1, 0.15) is 0 Å². The molecule has 3 heteroatoms. The topological polar surface area (TPSA) is 24.1 Å². The molecule has 2 N–H and O–H groups in total. The van der Waals surface area contributed by atoms with Crippen LogP contribution in [0.15, 0.2) is 30.3 Å². The SMILES string of the molecule is [Si]CNCCCCCCCNCc1ccccc1. The molecule has 0 aromatic heterocycles. The summed E-state index contributed by atoms with van der Waals surface area (Å²) in [4.78, 5) is 0. The minimum absolute atomic E-state index is 0.906. The zero-order chi connectivity index (χ0) is 12.9. The van der Waals surface area contributed by atoms with E-state index in [1.54, 1.807) is 0 Å². The van der Waals surface area contributed by atoms with Crippen LogP contribution in [-0.4, -0.2) is 29.5 Å². The Morgan fingerprint density at radius 3 is 2.06 bits per heavy atom. The Labute approximate surface area is 115 Å². The van der Waals surface area contributed by atoms with Gasteiger partial charge in [0.05, 0.1) is 0 Å². The third-order valence-electron chi connectivity index (χ3n) is 3.00. The van der Waals surface area contributed by atoms with Crippen molar-refractivity contribution in [3.63, 3.8) is 0 Å². The summed E-state index contributed by atoms with van der Waals surface area (Å²) in [5.41, 5.74) is 1.37. The molecule has 0 amide bonds. The van der Waals surface area contributed by atoms with Crippen LogP contribution in [0.1, 0.15) is 37.7 Å². The molecule has 0 saturated carbocycles. The Kier molecular flexibility index (Phi) is 9.80. The smallest absolute Gasteiger partial charge is 0.0428 e. The normalized spacial score (nSPS) is 10.7. The molecule has 2 nitrogen and oxygen atoms in total. The van der Waals surface area contributed by atoms with Crippen LogP contribution in [0.3, 0.4) is 0 Å². The maximum absolute atomic E-state index is 3.49. The highest BCUT2D eigenvalue weighted by atomic mass is 28.1. The predicted molar refractivity (Wildman–Crippen MR) is 79.9 cm³/mol. The van der Waals surface area contributed by atoms with Crippen molar-refractivity contribution in [1.29, 1.82) is 0 Å². The molecule has 99 valence electrons. The molecule has 1 aromatic rings. The van der Waals surface area contributed by atoms with E-state index < -0.39 is 0 Å². The van der Waals surface area contributed by atoms with Crippen LogP contribution in [0.4, 0.5) is 0 Å². The standard InChI is InChI=1S/C15H25N2Si/c18-14-17-12-8-3-1-2-7-11-16-13-15-9-5-4-6-10-15/h4-6,9-10,16-17H,1-3,7-8,11-14H2. The van der Waals surface area contributed by atoms with Gasteiger partial charge in [0.15, 0.2) is 0 Å². The summed E-state index contributed by atoms with van der Waals surface area (Å²) in [6.45, 7) is 3.26. The minimum Gasteiger partial charge on any atom is -0.320 e. The summed E-state index contributed by atoms with van der Waals surface area (Å²) >= 11 is 0. The molecule has 0 unspecified atom stereocenters. The molecular formula is C15H25N2Si. The van der Waals surface area contributed by atoms with Crippen molar-refractivity contribution in [2.75, 3.05) is 19.3 Å². The summed E-state index contributed by atoms with van der Waals surface area (Å²) in [5, 5.41) is 6.77. The number of hydrogen-bond acceptors (Lipinski definition) is 2. The largest absolute Gasteiger partial charge is 0.320 e. The lowest BCUT2D eigenvalue weighted by Gasteiger charge is -2.05. The summed E-state index contributed by atoms with van der Waals surface area (Å²) in [7, 11) is 3.40. The van der Waals surface area contributed by atoms with Crippen LogP contribution in [0.25, 0.3) is 0 Å². The molecule has 18 heavy (non-hydrogen) atoms. The van der Waals surface area contributed by atoms with Crippen LogP contribution >= 0.6 is 0 Å². The Balaban J connectivity index is 1.82. The molecule has 0 fully saturated rings. The molecule has 0 bridgehead atoms. The molecule has 0 saturated heterocycles. The number of rotatable bonds is 11. The fourth-order valence-corrected chi connectivity index (χ4v) is 2.12. The van der Waals surface area contributed by atoms with E-state index in [-0.39, 0.29) is 0 Å². The second-order valence-electron chi connectivity index (χ2n) is 4.61. The Morgan fingerprint density at radius 2 is 1.39 bits per heavy atom. The van der Waals surface area contributed by atoms with Crippen molar-refractivity contribution >= 4 is 10.2 Å². The molecule has 0 aliphatic heterocycles. The molecule has 1 aromatic carbocycles. The van der Waals surface area contributed by atoms with Gasteiger partial charge in [-0.05, 0) is 37.7 Å². The highest BCUT2D eigenvalue weighted by Gasteiger charge is 1.92. The van der Waals surface area contributed by atoms with Crippen LogP contribution in [0, 0.1) is 0 Å². The van der Waals surface area contributed by atoms with Gasteiger partial charge in [-0.15, -0.1) is 0 Å². The van der Waals surface area contributed by atoms with E-state index in [2.05, 4.69) is 51.2 Å². The van der Waals surface area contributed by atoms with Gasteiger partial charge in [-0.2, -0.15) is 0 Å². The summed E-state index contributed by atoms with van der Waals surface area (Å²) in [5.74, 6) is 0. The first-order valence-corrected chi connectivity index (χ1v) is 7.74. The third kappa shape index (κ3) is 8.45. The van der Waals surface area contributed by atoms with Crippen molar-refractivity contribution in [2.24, 2.45) is 0 Å². The third-order valence-corrected chi connectivity index (χ3v) is 3.25. The van der Waals surface area contributed by atoms with E-state index in [9.17, 15) is 0 Å². The van der Waals surface area contributed by atoms with Crippen molar-refractivity contribution in [3.05, 3.63) is 35.9 Å². The first-order valence-electron chi connectivity index (χ1n) is 7.03. The van der Waals surface area contributed by atoms with Gasteiger partial charge in [-0.25, -0.2) is 0 Å². The molecule has 3 radical (unpaired) electrons. The number of benzene rings is 1. The van der Waals surface area contributed by atoms with Crippen molar-refractivity contribution in [1.82, 2.24) is 10.6 Å². The van der Waals surface area contributed by atoms with E-state index in [0.717, 1.165) is 25.8 Å². The fraction of sp³-hybridized carbons (Fsp3) is 0.600. The minimum atomic E-state index is 0.906. The quantitative estimate of drug-likeness (QED) is 0.472. The zero-order valence-corrected chi connectivity index (χ0v) is 12.3. The predicted octanol–water partition coefficient (Wildman–Crippen LogP) is 2.44. The van der Waals surface area contributed by atoms with E-state index in [1.807, 2.05) is 0 Å². The molecule has 0 heterocycles. The number of nitrogens with one attached hydrogen (secondary N) is 2. The van der Waals surface area contributed by atoms with Gasteiger partial charge in [0, 0.05) is 16.8 Å². The van der Waals surface area contributed by atoms with Gasteiger partial charge in [0.25, 0.3) is 0 Å². The van der Waals surface area contributed by atoms with Crippen molar-refractivity contribution in [3.8, 4) is 0 Å². The lowest BCUT2D eigenvalue weighted by molar-refractivity contribution is 0.565. The molecule has 0 atom stereocenters. The van der Waals surface area contributed by atoms with E-state index >= 15 is 0 Å². The summed E-state index contributed by atoms with van der Waals surface area (Å²) in [6, 6.07) is 10.6. The van der Waals surface area contributed by atoms with E-state index in [1.165, 1.54) is 37.7 Å². The average molecular weight is 261 g/mol. The zero-order valence-electron chi connectivity index (χ0n) is 11.3. The van der Waals surface area contributed by atoms with Gasteiger partial charge in [-0.3, -0.25) is 0 Å². The summed E-state index contributed by atoms with van der Waals surface area (Å²) in [6.07, 6.45) is 7.54. The van der Waals surface area contributed by atoms with Gasteiger partial charge in [0.2, 0.25) is 0 Å². The van der Waals surface area contributed by atoms with Crippen LogP contribution < -0.4 is 10.6 Å². The van der Waals surface area contributed by atoms with E-state index in [0.29, 0.717) is 0 Å². The number of unbranched alkanes of at least 4 members (excludes halogenated alkanes) is 4. The second kappa shape index (κ2) is 11.4. The van der Waals surface area contributed by atoms with Gasteiger partial charge >= 0.3 is 0 Å². The molecule has 1 rings (SSSR count). The monoisotopic (exact) mass is 261 g/mol. The van der Waals surface area contributed by atoms with Crippen molar-refractivity contribution in [2.45, 2.75) is 38.6 Å². The first-order chi connectivity index (χ1) is 8.93. The maximum Gasteiger partial charge on any atom is 0.0428 e. The Bertz CT molecular complexity index is 277. The average Bonchev–Trinajstić information content (AvgIpc) is 2.42. The first kappa shape index (κ1) is 15.4. The van der Waals surface area contributed by atoms with Crippen LogP contribution in [0.2, 0.25) is 0 Å².